The summed E-state index contributed by atoms with van der Waals surface area (Å²) in [5.41, 5.74) is 4.85. The van der Waals surface area contributed by atoms with Gasteiger partial charge in [-0.05, 0) is 97.5 Å². The molecule has 2 amide bonds. The highest BCUT2D eigenvalue weighted by molar-refractivity contribution is 7.93. The summed E-state index contributed by atoms with van der Waals surface area (Å²) < 4.78 is 72.4. The van der Waals surface area contributed by atoms with Crippen molar-refractivity contribution in [1.29, 1.82) is 0 Å². The second kappa shape index (κ2) is 16.8. The molecular formula is C42H42N4O11S2. The molecule has 308 valence electrons. The van der Waals surface area contributed by atoms with E-state index in [1.165, 1.54) is 14.1 Å². The highest BCUT2D eigenvalue weighted by Gasteiger charge is 2.20. The second-order valence-corrected chi connectivity index (χ2v) is 17.6. The molecule has 4 aromatic carbocycles. The number of aryl methyl sites for hydroxylation is 4. The fraction of sp³-hybridized carbons (Fsp3) is 0.238. The number of nitrogens with one attached hydrogen (secondary N) is 4. The van der Waals surface area contributed by atoms with Crippen LogP contribution in [0, 0.1) is 27.7 Å². The van der Waals surface area contributed by atoms with Gasteiger partial charge in [0, 0.05) is 72.3 Å². The van der Waals surface area contributed by atoms with Gasteiger partial charge >= 0.3 is 11.3 Å². The number of hydrogen-bond donors (Lipinski definition) is 4. The quantitative estimate of drug-likeness (QED) is 0.106. The molecule has 6 rings (SSSR count). The first kappa shape index (κ1) is 42.2. The van der Waals surface area contributed by atoms with Crippen molar-refractivity contribution in [2.24, 2.45) is 0 Å². The largest absolute Gasteiger partial charge is 0.457 e. The number of rotatable bonds is 14. The maximum absolute atomic E-state index is 13.4. The van der Waals surface area contributed by atoms with E-state index >= 15 is 0 Å². The lowest BCUT2D eigenvalue weighted by atomic mass is 9.98. The maximum Gasteiger partial charge on any atom is 0.340 e. The van der Waals surface area contributed by atoms with Gasteiger partial charge in [0.2, 0.25) is 31.9 Å². The first-order valence-corrected chi connectivity index (χ1v) is 21.6. The zero-order valence-corrected chi connectivity index (χ0v) is 34.7. The Morgan fingerprint density at radius 2 is 0.983 bits per heavy atom. The molecule has 0 saturated heterocycles. The van der Waals surface area contributed by atoms with Gasteiger partial charge in [0.05, 0.1) is 0 Å². The minimum absolute atomic E-state index is 0.156. The van der Waals surface area contributed by atoms with Gasteiger partial charge in [-0.25, -0.2) is 26.4 Å². The molecular weight excluding hydrogens is 801 g/mol. The van der Waals surface area contributed by atoms with Gasteiger partial charge in [-0.15, -0.1) is 0 Å². The van der Waals surface area contributed by atoms with Gasteiger partial charge in [-0.3, -0.25) is 19.0 Å². The van der Waals surface area contributed by atoms with Crippen LogP contribution < -0.4 is 36.1 Å². The Morgan fingerprint density at radius 1 is 0.593 bits per heavy atom. The molecule has 0 aliphatic heterocycles. The van der Waals surface area contributed by atoms with Crippen LogP contribution in [0.3, 0.4) is 0 Å². The smallest absolute Gasteiger partial charge is 0.340 e. The average Bonchev–Trinajstić information content (AvgIpc) is 3.16. The van der Waals surface area contributed by atoms with E-state index in [-0.39, 0.29) is 24.2 Å². The summed E-state index contributed by atoms with van der Waals surface area (Å²) in [4.78, 5) is 50.0. The van der Waals surface area contributed by atoms with Crippen molar-refractivity contribution >= 4 is 65.2 Å². The van der Waals surface area contributed by atoms with Crippen molar-refractivity contribution in [2.45, 2.75) is 40.5 Å². The van der Waals surface area contributed by atoms with E-state index in [0.29, 0.717) is 66.8 Å². The van der Waals surface area contributed by atoms with Crippen molar-refractivity contribution in [1.82, 2.24) is 10.6 Å². The van der Waals surface area contributed by atoms with Gasteiger partial charge in [-0.1, -0.05) is 24.3 Å². The van der Waals surface area contributed by atoms with Gasteiger partial charge < -0.3 is 24.2 Å². The topological polar surface area (TPSA) is 220 Å². The third kappa shape index (κ3) is 9.81. The standard InChI is InChI=1S/C42H42N4O11S2/c1-23-13-31-25(3)33(17-27-9-7-11-29(15-27)45-58(51,52)21-39(47)43-5)41(49)56-37(31)19-35(23)55-36-20-38-32(14-24(36)2)26(4)34(42(50)57-38)18-28-10-8-12-30(16-28)46-59(53,54)22-40(48)44-6/h7-16,19-20,45-46H,17-18,21-22H2,1-6H3,(H,43,47)(H,44,48). The van der Waals surface area contributed by atoms with Crippen LogP contribution in [-0.4, -0.2) is 54.3 Å². The van der Waals surface area contributed by atoms with Crippen molar-refractivity contribution in [3.05, 3.63) is 138 Å². The number of amides is 2. The van der Waals surface area contributed by atoms with E-state index < -0.39 is 54.6 Å². The summed E-state index contributed by atoms with van der Waals surface area (Å²) in [7, 11) is -5.20. The van der Waals surface area contributed by atoms with Crippen LogP contribution in [-0.2, 0) is 42.5 Å². The molecule has 0 fully saturated rings. The first-order chi connectivity index (χ1) is 27.8. The minimum atomic E-state index is -3.95. The first-order valence-electron chi connectivity index (χ1n) is 18.3. The number of ether oxygens (including phenoxy) is 1. The zero-order chi connectivity index (χ0) is 42.8. The predicted molar refractivity (Wildman–Crippen MR) is 225 cm³/mol. The predicted octanol–water partition coefficient (Wildman–Crippen LogP) is 5.08. The van der Waals surface area contributed by atoms with Gasteiger partial charge in [-0.2, -0.15) is 0 Å². The van der Waals surface area contributed by atoms with Crippen molar-refractivity contribution in [3.63, 3.8) is 0 Å². The number of carbonyl (C=O) groups is 2. The van der Waals surface area contributed by atoms with Crippen molar-refractivity contribution < 1.29 is 40.0 Å². The number of fused-ring (bicyclic) bond motifs is 2. The lowest BCUT2D eigenvalue weighted by Gasteiger charge is -2.15. The van der Waals surface area contributed by atoms with Crippen LogP contribution in [0.5, 0.6) is 11.5 Å². The minimum Gasteiger partial charge on any atom is -0.457 e. The molecule has 17 heteroatoms. The number of sulfonamides is 2. The van der Waals surface area contributed by atoms with Crippen molar-refractivity contribution in [3.8, 4) is 11.5 Å². The van der Waals surface area contributed by atoms with Gasteiger partial charge in [0.25, 0.3) is 0 Å². The van der Waals surface area contributed by atoms with Crippen LogP contribution >= 0.6 is 0 Å². The molecule has 0 aliphatic rings. The van der Waals surface area contributed by atoms with E-state index in [1.807, 2.05) is 39.8 Å². The lowest BCUT2D eigenvalue weighted by Crippen LogP contribution is -2.30. The number of carbonyl (C=O) groups excluding carboxylic acids is 2. The molecule has 6 aromatic rings. The fourth-order valence-corrected chi connectivity index (χ4v) is 8.71. The molecule has 0 unspecified atom stereocenters. The van der Waals surface area contributed by atoms with E-state index in [1.54, 1.807) is 60.7 Å². The Balaban J connectivity index is 1.24. The van der Waals surface area contributed by atoms with Crippen LogP contribution in [0.4, 0.5) is 11.4 Å². The average molecular weight is 843 g/mol. The molecule has 2 aromatic heterocycles. The summed E-state index contributed by atoms with van der Waals surface area (Å²) in [6.45, 7) is 7.32. The molecule has 0 bridgehead atoms. The number of anilines is 2. The van der Waals surface area contributed by atoms with E-state index in [2.05, 4.69) is 20.1 Å². The second-order valence-electron chi connectivity index (χ2n) is 14.1. The summed E-state index contributed by atoms with van der Waals surface area (Å²) >= 11 is 0. The molecule has 4 N–H and O–H groups in total. The summed E-state index contributed by atoms with van der Waals surface area (Å²) in [5.74, 6) is -1.95. The Bertz CT molecular complexity index is 2810. The van der Waals surface area contributed by atoms with Crippen molar-refractivity contribution in [2.75, 3.05) is 35.0 Å². The summed E-state index contributed by atoms with van der Waals surface area (Å²) in [6, 6.07) is 20.1. The van der Waals surface area contributed by atoms with Crippen LogP contribution in [0.25, 0.3) is 21.9 Å². The molecule has 0 radical (unpaired) electrons. The maximum atomic E-state index is 13.4. The van der Waals surface area contributed by atoms with E-state index in [0.717, 1.165) is 11.1 Å². The Labute approximate surface area is 339 Å². The monoisotopic (exact) mass is 842 g/mol. The zero-order valence-electron chi connectivity index (χ0n) is 33.1. The van der Waals surface area contributed by atoms with Crippen LogP contribution in [0.1, 0.15) is 44.5 Å². The Morgan fingerprint density at radius 3 is 1.36 bits per heavy atom. The fourth-order valence-electron chi connectivity index (χ4n) is 6.61. The third-order valence-corrected chi connectivity index (χ3v) is 12.1. The molecule has 2 heterocycles. The normalized spacial score (nSPS) is 11.7. The highest BCUT2D eigenvalue weighted by Crippen LogP contribution is 2.36. The van der Waals surface area contributed by atoms with E-state index in [9.17, 15) is 36.0 Å². The number of benzene rings is 4. The van der Waals surface area contributed by atoms with Crippen LogP contribution in [0.2, 0.25) is 0 Å². The number of hydrogen-bond acceptors (Lipinski definition) is 11. The Hall–Kier alpha value is -6.46. The van der Waals surface area contributed by atoms with Crippen LogP contribution in [0.15, 0.2) is 91.2 Å². The SMILES string of the molecule is CNC(=O)CS(=O)(=O)Nc1cccc(Cc2c(C)c3cc(C)c(Oc4cc5oc(=O)c(Cc6cccc(NS(=O)(=O)CC(=O)NC)c6)c(C)c5cc4C)cc3oc2=O)c1. The molecule has 15 nitrogen and oxygen atoms in total. The molecule has 0 saturated carbocycles. The summed E-state index contributed by atoms with van der Waals surface area (Å²) in [5, 5.41) is 5.93. The van der Waals surface area contributed by atoms with Gasteiger partial charge in [0.15, 0.2) is 0 Å². The van der Waals surface area contributed by atoms with Gasteiger partial charge in [0.1, 0.15) is 34.2 Å². The lowest BCUT2D eigenvalue weighted by molar-refractivity contribution is -0.119. The molecule has 0 atom stereocenters. The Kier molecular flexibility index (Phi) is 12.0. The highest BCUT2D eigenvalue weighted by atomic mass is 32.2. The summed E-state index contributed by atoms with van der Waals surface area (Å²) in [6.07, 6.45) is 0.312. The molecule has 59 heavy (non-hydrogen) atoms. The molecule has 0 aliphatic carbocycles. The third-order valence-electron chi connectivity index (χ3n) is 9.75. The molecule has 0 spiro atoms. The van der Waals surface area contributed by atoms with E-state index in [4.69, 9.17) is 13.6 Å².